The summed E-state index contributed by atoms with van der Waals surface area (Å²) in [5.41, 5.74) is 2.71. The topological polar surface area (TPSA) is 61.8 Å². The van der Waals surface area contributed by atoms with Crippen molar-refractivity contribution in [1.29, 1.82) is 0 Å². The number of nitrogens with one attached hydrogen (secondary N) is 1. The van der Waals surface area contributed by atoms with E-state index in [1.54, 1.807) is 12.1 Å². The Morgan fingerprint density at radius 1 is 1.00 bits per heavy atom. The molecule has 0 radical (unpaired) electrons. The number of pyridine rings is 1. The SMILES string of the molecule is Oc1cc(F)cc2ccc(-c3nc4ccccc4[nH]3)nc12. The zero-order valence-electron chi connectivity index (χ0n) is 10.8. The molecule has 0 aliphatic carbocycles. The molecule has 0 aliphatic heterocycles. The third-order valence-corrected chi connectivity index (χ3v) is 3.37. The van der Waals surface area contributed by atoms with Crippen molar-refractivity contribution in [3.63, 3.8) is 0 Å². The predicted octanol–water partition coefficient (Wildman–Crippen LogP) is 3.62. The average Bonchev–Trinajstić information content (AvgIpc) is 2.90. The number of imidazole rings is 1. The van der Waals surface area contributed by atoms with Crippen molar-refractivity contribution in [2.45, 2.75) is 0 Å². The van der Waals surface area contributed by atoms with Gasteiger partial charge in [0.25, 0.3) is 0 Å². The molecule has 0 fully saturated rings. The van der Waals surface area contributed by atoms with Crippen molar-refractivity contribution < 1.29 is 9.50 Å². The number of halogens is 1. The zero-order valence-corrected chi connectivity index (χ0v) is 10.8. The van der Waals surface area contributed by atoms with Crippen LogP contribution in [0.4, 0.5) is 4.39 Å². The number of phenols is 1. The van der Waals surface area contributed by atoms with Crippen LogP contribution in [0.25, 0.3) is 33.5 Å². The molecule has 2 aromatic carbocycles. The summed E-state index contributed by atoms with van der Waals surface area (Å²) in [4.78, 5) is 12.0. The van der Waals surface area contributed by atoms with Gasteiger partial charge in [-0.15, -0.1) is 0 Å². The molecule has 5 heteroatoms. The van der Waals surface area contributed by atoms with E-state index in [0.29, 0.717) is 22.4 Å². The third kappa shape index (κ3) is 1.90. The fraction of sp³-hybridized carbons (Fsp3) is 0. The number of rotatable bonds is 1. The van der Waals surface area contributed by atoms with Crippen LogP contribution >= 0.6 is 0 Å². The molecule has 0 saturated heterocycles. The molecular formula is C16H10FN3O. The molecule has 4 nitrogen and oxygen atoms in total. The third-order valence-electron chi connectivity index (χ3n) is 3.37. The molecule has 4 aromatic rings. The first-order valence-electron chi connectivity index (χ1n) is 6.45. The van der Waals surface area contributed by atoms with E-state index >= 15 is 0 Å². The van der Waals surface area contributed by atoms with E-state index in [1.165, 1.54) is 6.07 Å². The Labute approximate surface area is 118 Å². The number of hydrogen-bond donors (Lipinski definition) is 2. The molecule has 0 unspecified atom stereocenters. The average molecular weight is 279 g/mol. The number of para-hydroxylation sites is 2. The monoisotopic (exact) mass is 279 g/mol. The van der Waals surface area contributed by atoms with Crippen LogP contribution < -0.4 is 0 Å². The smallest absolute Gasteiger partial charge is 0.157 e. The minimum Gasteiger partial charge on any atom is -0.506 e. The number of nitrogens with zero attached hydrogens (tertiary/aromatic N) is 2. The number of aromatic nitrogens is 3. The van der Waals surface area contributed by atoms with E-state index < -0.39 is 5.82 Å². The van der Waals surface area contributed by atoms with Gasteiger partial charge in [0.2, 0.25) is 0 Å². The number of H-pyrrole nitrogens is 1. The van der Waals surface area contributed by atoms with Gasteiger partial charge in [0.1, 0.15) is 22.8 Å². The second-order valence-corrected chi connectivity index (χ2v) is 4.80. The van der Waals surface area contributed by atoms with Crippen LogP contribution in [0.15, 0.2) is 48.5 Å². The van der Waals surface area contributed by atoms with Crippen LogP contribution in [-0.2, 0) is 0 Å². The molecule has 0 saturated carbocycles. The van der Waals surface area contributed by atoms with E-state index in [-0.39, 0.29) is 5.75 Å². The lowest BCUT2D eigenvalue weighted by molar-refractivity contribution is 0.474. The van der Waals surface area contributed by atoms with Crippen molar-refractivity contribution in [3.8, 4) is 17.3 Å². The molecule has 0 amide bonds. The predicted molar refractivity (Wildman–Crippen MR) is 78.5 cm³/mol. The first-order valence-corrected chi connectivity index (χ1v) is 6.45. The van der Waals surface area contributed by atoms with Gasteiger partial charge in [-0.25, -0.2) is 14.4 Å². The van der Waals surface area contributed by atoms with Crippen molar-refractivity contribution in [2.24, 2.45) is 0 Å². The van der Waals surface area contributed by atoms with Crippen molar-refractivity contribution in [3.05, 3.63) is 54.3 Å². The number of benzene rings is 2. The lowest BCUT2D eigenvalue weighted by Crippen LogP contribution is -1.88. The second kappa shape index (κ2) is 4.28. The first-order chi connectivity index (χ1) is 10.2. The van der Waals surface area contributed by atoms with Gasteiger partial charge in [0, 0.05) is 11.5 Å². The fourth-order valence-electron chi connectivity index (χ4n) is 2.39. The molecule has 0 aliphatic rings. The van der Waals surface area contributed by atoms with E-state index in [1.807, 2.05) is 24.3 Å². The van der Waals surface area contributed by atoms with Crippen LogP contribution in [0.2, 0.25) is 0 Å². The molecule has 2 aromatic heterocycles. The Balaban J connectivity index is 1.94. The van der Waals surface area contributed by atoms with Gasteiger partial charge in [-0.1, -0.05) is 18.2 Å². The largest absolute Gasteiger partial charge is 0.506 e. The van der Waals surface area contributed by atoms with Gasteiger partial charge in [-0.3, -0.25) is 0 Å². The number of aromatic hydroxyl groups is 1. The molecule has 21 heavy (non-hydrogen) atoms. The minimum atomic E-state index is -0.488. The summed E-state index contributed by atoms with van der Waals surface area (Å²) in [6.45, 7) is 0. The summed E-state index contributed by atoms with van der Waals surface area (Å²) in [7, 11) is 0. The standard InChI is InChI=1S/C16H10FN3O/c17-10-7-9-5-6-13(18-15(9)14(21)8-10)16-19-11-3-1-2-4-12(11)20-16/h1-8,21H,(H,19,20). The highest BCUT2D eigenvalue weighted by molar-refractivity contribution is 5.87. The summed E-state index contributed by atoms with van der Waals surface area (Å²) >= 11 is 0. The molecule has 0 atom stereocenters. The van der Waals surface area contributed by atoms with Crippen molar-refractivity contribution >= 4 is 21.9 Å². The van der Waals surface area contributed by atoms with Crippen LogP contribution in [0, 0.1) is 5.82 Å². The maximum Gasteiger partial charge on any atom is 0.157 e. The summed E-state index contributed by atoms with van der Waals surface area (Å²) in [5, 5.41) is 10.4. The van der Waals surface area contributed by atoms with Gasteiger partial charge in [-0.05, 0) is 24.3 Å². The summed E-state index contributed by atoms with van der Waals surface area (Å²) in [6.07, 6.45) is 0. The number of aromatic amines is 1. The Kier molecular flexibility index (Phi) is 2.41. The van der Waals surface area contributed by atoms with Crippen LogP contribution in [0.3, 0.4) is 0 Å². The molecule has 2 N–H and O–H groups in total. The van der Waals surface area contributed by atoms with E-state index in [0.717, 1.165) is 17.1 Å². The molecular weight excluding hydrogens is 269 g/mol. The van der Waals surface area contributed by atoms with E-state index in [4.69, 9.17) is 0 Å². The first kappa shape index (κ1) is 11.8. The summed E-state index contributed by atoms with van der Waals surface area (Å²) in [6, 6.07) is 13.5. The molecule has 4 rings (SSSR count). The van der Waals surface area contributed by atoms with Gasteiger partial charge < -0.3 is 10.1 Å². The Hall–Kier alpha value is -2.95. The normalized spacial score (nSPS) is 11.3. The van der Waals surface area contributed by atoms with E-state index in [9.17, 15) is 9.50 Å². The maximum absolute atomic E-state index is 13.3. The van der Waals surface area contributed by atoms with Gasteiger partial charge >= 0.3 is 0 Å². The molecule has 0 spiro atoms. The van der Waals surface area contributed by atoms with Crippen LogP contribution in [-0.4, -0.2) is 20.1 Å². The zero-order chi connectivity index (χ0) is 14.4. The van der Waals surface area contributed by atoms with E-state index in [2.05, 4.69) is 15.0 Å². The fourth-order valence-corrected chi connectivity index (χ4v) is 2.39. The highest BCUT2D eigenvalue weighted by Crippen LogP contribution is 2.27. The maximum atomic E-state index is 13.3. The summed E-state index contributed by atoms with van der Waals surface area (Å²) < 4.78 is 13.3. The number of fused-ring (bicyclic) bond motifs is 2. The van der Waals surface area contributed by atoms with Crippen molar-refractivity contribution in [2.75, 3.05) is 0 Å². The molecule has 2 heterocycles. The van der Waals surface area contributed by atoms with Crippen LogP contribution in [0.5, 0.6) is 5.75 Å². The Morgan fingerprint density at radius 2 is 1.86 bits per heavy atom. The Bertz CT molecular complexity index is 945. The lowest BCUT2D eigenvalue weighted by atomic mass is 10.2. The van der Waals surface area contributed by atoms with Gasteiger partial charge in [0.05, 0.1) is 11.0 Å². The highest BCUT2D eigenvalue weighted by atomic mass is 19.1. The number of hydrogen-bond acceptors (Lipinski definition) is 3. The van der Waals surface area contributed by atoms with Gasteiger partial charge in [-0.2, -0.15) is 0 Å². The van der Waals surface area contributed by atoms with Crippen LogP contribution in [0.1, 0.15) is 0 Å². The minimum absolute atomic E-state index is 0.178. The highest BCUT2D eigenvalue weighted by Gasteiger charge is 2.10. The molecule has 0 bridgehead atoms. The quantitative estimate of drug-likeness (QED) is 0.559. The second-order valence-electron chi connectivity index (χ2n) is 4.80. The molecule has 102 valence electrons. The van der Waals surface area contributed by atoms with Gasteiger partial charge in [0.15, 0.2) is 5.82 Å². The number of phenolic OH excluding ortho intramolecular Hbond substituents is 1. The summed E-state index contributed by atoms with van der Waals surface area (Å²) in [5.74, 6) is -0.0527. The van der Waals surface area contributed by atoms with Crippen molar-refractivity contribution in [1.82, 2.24) is 15.0 Å². The Morgan fingerprint density at radius 3 is 2.71 bits per heavy atom. The lowest BCUT2D eigenvalue weighted by Gasteiger charge is -2.03.